The first kappa shape index (κ1) is 13.3. The van der Waals surface area contributed by atoms with Gasteiger partial charge in [0, 0.05) is 5.69 Å². The van der Waals surface area contributed by atoms with Crippen LogP contribution < -0.4 is 10.6 Å². The van der Waals surface area contributed by atoms with E-state index in [9.17, 15) is 4.79 Å². The van der Waals surface area contributed by atoms with Crippen LogP contribution in [0.1, 0.15) is 6.92 Å². The standard InChI is InChI=1S/C14H14N2O2S/c1-9(13(17)18)15-14(19)16-12-7-6-10-4-2-3-5-11(10)8-12/h2-9H,1H3,(H,17,18)(H2,15,16,19)/t9-/m0/s1. The zero-order valence-corrected chi connectivity index (χ0v) is 11.2. The lowest BCUT2D eigenvalue weighted by molar-refractivity contribution is -0.138. The Morgan fingerprint density at radius 2 is 1.89 bits per heavy atom. The molecule has 0 bridgehead atoms. The Labute approximate surface area is 116 Å². The van der Waals surface area contributed by atoms with Crippen molar-refractivity contribution in [2.45, 2.75) is 13.0 Å². The highest BCUT2D eigenvalue weighted by Crippen LogP contribution is 2.18. The molecule has 0 amide bonds. The highest BCUT2D eigenvalue weighted by atomic mass is 32.1. The maximum Gasteiger partial charge on any atom is 0.325 e. The quantitative estimate of drug-likeness (QED) is 0.751. The molecule has 2 aromatic carbocycles. The van der Waals surface area contributed by atoms with Crippen LogP contribution in [0.25, 0.3) is 10.8 Å². The molecule has 1 atom stereocenters. The Bertz CT molecular complexity index is 628. The highest BCUT2D eigenvalue weighted by molar-refractivity contribution is 7.80. The average molecular weight is 274 g/mol. The molecule has 0 fully saturated rings. The van der Waals surface area contributed by atoms with Gasteiger partial charge < -0.3 is 15.7 Å². The lowest BCUT2D eigenvalue weighted by Crippen LogP contribution is -2.40. The van der Waals surface area contributed by atoms with E-state index < -0.39 is 12.0 Å². The van der Waals surface area contributed by atoms with E-state index in [1.54, 1.807) is 0 Å². The minimum absolute atomic E-state index is 0.296. The summed E-state index contributed by atoms with van der Waals surface area (Å²) in [4.78, 5) is 10.7. The summed E-state index contributed by atoms with van der Waals surface area (Å²) in [7, 11) is 0. The number of fused-ring (bicyclic) bond motifs is 1. The van der Waals surface area contributed by atoms with Crippen LogP contribution >= 0.6 is 12.2 Å². The molecule has 98 valence electrons. The molecule has 0 aliphatic heterocycles. The molecule has 19 heavy (non-hydrogen) atoms. The van der Waals surface area contributed by atoms with E-state index in [1.807, 2.05) is 42.5 Å². The van der Waals surface area contributed by atoms with E-state index in [-0.39, 0.29) is 0 Å². The molecule has 0 spiro atoms. The molecule has 4 nitrogen and oxygen atoms in total. The van der Waals surface area contributed by atoms with E-state index >= 15 is 0 Å². The fraction of sp³-hybridized carbons (Fsp3) is 0.143. The monoisotopic (exact) mass is 274 g/mol. The number of hydrogen-bond acceptors (Lipinski definition) is 2. The zero-order chi connectivity index (χ0) is 13.8. The molecular formula is C14H14N2O2S. The molecular weight excluding hydrogens is 260 g/mol. The van der Waals surface area contributed by atoms with Gasteiger partial charge in [0.15, 0.2) is 5.11 Å². The maximum absolute atomic E-state index is 10.7. The first-order valence-electron chi connectivity index (χ1n) is 5.85. The molecule has 0 aliphatic rings. The summed E-state index contributed by atoms with van der Waals surface area (Å²) in [5.74, 6) is -0.942. The smallest absolute Gasteiger partial charge is 0.325 e. The Kier molecular flexibility index (Phi) is 3.97. The number of benzene rings is 2. The van der Waals surface area contributed by atoms with Crippen LogP contribution in [0.2, 0.25) is 0 Å². The number of carboxylic acid groups (broad SMARTS) is 1. The van der Waals surface area contributed by atoms with E-state index in [1.165, 1.54) is 6.92 Å². The minimum Gasteiger partial charge on any atom is -0.480 e. The lowest BCUT2D eigenvalue weighted by Gasteiger charge is -2.13. The number of rotatable bonds is 3. The van der Waals surface area contributed by atoms with Gasteiger partial charge in [0.25, 0.3) is 0 Å². The third kappa shape index (κ3) is 3.42. The van der Waals surface area contributed by atoms with Crippen molar-refractivity contribution in [3.05, 3.63) is 42.5 Å². The third-order valence-corrected chi connectivity index (χ3v) is 2.95. The molecule has 0 radical (unpaired) electrons. The second kappa shape index (κ2) is 5.67. The van der Waals surface area contributed by atoms with Crippen LogP contribution in [0.15, 0.2) is 42.5 Å². The van der Waals surface area contributed by atoms with Crippen molar-refractivity contribution in [2.24, 2.45) is 0 Å². The lowest BCUT2D eigenvalue weighted by atomic mass is 10.1. The second-order valence-electron chi connectivity index (χ2n) is 4.22. The molecule has 5 heteroatoms. The number of carbonyl (C=O) groups is 1. The van der Waals surface area contributed by atoms with Gasteiger partial charge in [-0.15, -0.1) is 0 Å². The molecule has 2 aromatic rings. The summed E-state index contributed by atoms with van der Waals surface area (Å²) in [5.41, 5.74) is 0.828. The number of hydrogen-bond donors (Lipinski definition) is 3. The largest absolute Gasteiger partial charge is 0.480 e. The Balaban J connectivity index is 2.09. The molecule has 0 aromatic heterocycles. The van der Waals surface area contributed by atoms with Gasteiger partial charge in [-0.05, 0) is 42.0 Å². The van der Waals surface area contributed by atoms with E-state index in [0.29, 0.717) is 5.11 Å². The molecule has 0 saturated carbocycles. The number of anilines is 1. The average Bonchev–Trinajstić information content (AvgIpc) is 2.38. The van der Waals surface area contributed by atoms with Crippen LogP contribution in [0.5, 0.6) is 0 Å². The van der Waals surface area contributed by atoms with Crippen LogP contribution in [0.3, 0.4) is 0 Å². The summed E-state index contributed by atoms with van der Waals surface area (Å²) in [6.45, 7) is 1.54. The molecule has 0 saturated heterocycles. The fourth-order valence-corrected chi connectivity index (χ4v) is 1.99. The summed E-state index contributed by atoms with van der Waals surface area (Å²) >= 11 is 5.07. The van der Waals surface area contributed by atoms with E-state index in [4.69, 9.17) is 17.3 Å². The van der Waals surface area contributed by atoms with Crippen LogP contribution in [0.4, 0.5) is 5.69 Å². The normalized spacial score (nSPS) is 11.8. The van der Waals surface area contributed by atoms with Crippen molar-refractivity contribution in [1.29, 1.82) is 0 Å². The first-order chi connectivity index (χ1) is 9.06. The predicted octanol–water partition coefficient (Wildman–Crippen LogP) is 2.60. The van der Waals surface area contributed by atoms with Gasteiger partial charge in [-0.25, -0.2) is 0 Å². The first-order valence-corrected chi connectivity index (χ1v) is 6.26. The Morgan fingerprint density at radius 1 is 1.21 bits per heavy atom. The van der Waals surface area contributed by atoms with Gasteiger partial charge in [-0.3, -0.25) is 4.79 Å². The predicted molar refractivity (Wildman–Crippen MR) is 80.4 cm³/mol. The van der Waals surface area contributed by atoms with Crippen LogP contribution in [0, 0.1) is 0 Å². The summed E-state index contributed by atoms with van der Waals surface area (Å²) in [5, 5.41) is 17.0. The molecule has 2 rings (SSSR count). The van der Waals surface area contributed by atoms with Gasteiger partial charge in [-0.1, -0.05) is 30.3 Å². The minimum atomic E-state index is -0.942. The van der Waals surface area contributed by atoms with Crippen molar-refractivity contribution in [3.8, 4) is 0 Å². The van der Waals surface area contributed by atoms with Gasteiger partial charge in [-0.2, -0.15) is 0 Å². The SMILES string of the molecule is C[C@H](NC(=S)Nc1ccc2ccccc2c1)C(=O)O. The molecule has 0 heterocycles. The van der Waals surface area contributed by atoms with Gasteiger partial charge in [0.05, 0.1) is 0 Å². The van der Waals surface area contributed by atoms with Crippen molar-refractivity contribution in [3.63, 3.8) is 0 Å². The molecule has 3 N–H and O–H groups in total. The van der Waals surface area contributed by atoms with Gasteiger partial charge in [0.1, 0.15) is 6.04 Å². The van der Waals surface area contributed by atoms with Crippen LogP contribution in [-0.2, 0) is 4.79 Å². The van der Waals surface area contributed by atoms with Crippen LogP contribution in [-0.4, -0.2) is 22.2 Å². The number of nitrogens with one attached hydrogen (secondary N) is 2. The van der Waals surface area contributed by atoms with Gasteiger partial charge in [0.2, 0.25) is 0 Å². The molecule has 0 unspecified atom stereocenters. The number of aliphatic carboxylic acids is 1. The van der Waals surface area contributed by atoms with E-state index in [2.05, 4.69) is 10.6 Å². The number of thiocarbonyl (C=S) groups is 1. The van der Waals surface area contributed by atoms with E-state index in [0.717, 1.165) is 16.5 Å². The number of carboxylic acids is 1. The zero-order valence-electron chi connectivity index (χ0n) is 10.4. The fourth-order valence-electron chi connectivity index (χ4n) is 1.69. The molecule has 0 aliphatic carbocycles. The van der Waals surface area contributed by atoms with Crippen molar-refractivity contribution < 1.29 is 9.90 Å². The van der Waals surface area contributed by atoms with Crippen molar-refractivity contribution in [2.75, 3.05) is 5.32 Å². The maximum atomic E-state index is 10.7. The van der Waals surface area contributed by atoms with Crippen molar-refractivity contribution >= 4 is 39.8 Å². The third-order valence-electron chi connectivity index (χ3n) is 2.73. The Hall–Kier alpha value is -2.14. The second-order valence-corrected chi connectivity index (χ2v) is 4.63. The highest BCUT2D eigenvalue weighted by Gasteiger charge is 2.11. The van der Waals surface area contributed by atoms with Crippen molar-refractivity contribution in [1.82, 2.24) is 5.32 Å². The summed E-state index contributed by atoms with van der Waals surface area (Å²) < 4.78 is 0. The Morgan fingerprint density at radius 3 is 2.58 bits per heavy atom. The summed E-state index contributed by atoms with van der Waals surface area (Å²) in [6.07, 6.45) is 0. The van der Waals surface area contributed by atoms with Gasteiger partial charge >= 0.3 is 5.97 Å². The topological polar surface area (TPSA) is 61.4 Å². The summed E-state index contributed by atoms with van der Waals surface area (Å²) in [6, 6.07) is 13.1.